The molecule has 0 spiro atoms. The van der Waals surface area contributed by atoms with E-state index in [0.29, 0.717) is 12.5 Å². The van der Waals surface area contributed by atoms with Gasteiger partial charge in [0.15, 0.2) is 0 Å². The second-order valence-corrected chi connectivity index (χ2v) is 5.97. The monoisotopic (exact) mass is 293 g/mol. The molecule has 0 saturated heterocycles. The summed E-state index contributed by atoms with van der Waals surface area (Å²) in [6.45, 7) is 9.06. The van der Waals surface area contributed by atoms with Crippen molar-refractivity contribution in [2.75, 3.05) is 19.8 Å². The Morgan fingerprint density at radius 3 is 2.62 bits per heavy atom. The Kier molecular flexibility index (Phi) is 7.40. The summed E-state index contributed by atoms with van der Waals surface area (Å²) in [5.41, 5.74) is 2.12. The van der Waals surface area contributed by atoms with Gasteiger partial charge in [-0.2, -0.15) is 0 Å². The summed E-state index contributed by atoms with van der Waals surface area (Å²) in [6.07, 6.45) is -0.669. The first-order valence-electron chi connectivity index (χ1n) is 7.50. The Morgan fingerprint density at radius 2 is 2.00 bits per heavy atom. The first kappa shape index (κ1) is 17.7. The molecular weight excluding hydrogens is 266 g/mol. The van der Waals surface area contributed by atoms with Crippen LogP contribution in [0.1, 0.15) is 37.8 Å². The molecule has 0 saturated carbocycles. The van der Waals surface area contributed by atoms with Gasteiger partial charge in [-0.05, 0) is 25.3 Å². The number of hydrogen-bond acceptors (Lipinski definition) is 3. The molecule has 1 aromatic rings. The number of hydrogen-bond donors (Lipinski definition) is 2. The Morgan fingerprint density at radius 1 is 1.29 bits per heavy atom. The summed E-state index contributed by atoms with van der Waals surface area (Å²) in [6, 6.07) is 7.90. The van der Waals surface area contributed by atoms with Crippen LogP contribution in [0.25, 0.3) is 0 Å². The molecule has 1 amide bonds. The third-order valence-corrected chi connectivity index (χ3v) is 3.21. The van der Waals surface area contributed by atoms with Gasteiger partial charge < -0.3 is 15.2 Å². The molecule has 2 unspecified atom stereocenters. The van der Waals surface area contributed by atoms with Crippen molar-refractivity contribution in [3.63, 3.8) is 0 Å². The summed E-state index contributed by atoms with van der Waals surface area (Å²) >= 11 is 0. The lowest BCUT2D eigenvalue weighted by atomic mass is 9.98. The summed E-state index contributed by atoms with van der Waals surface area (Å²) < 4.78 is 5.35. The number of aliphatic hydroxyl groups excluding tert-OH is 1. The van der Waals surface area contributed by atoms with Crippen LogP contribution in [-0.4, -0.2) is 36.9 Å². The van der Waals surface area contributed by atoms with Gasteiger partial charge in [0.25, 0.3) is 0 Å². The van der Waals surface area contributed by atoms with E-state index in [1.807, 2.05) is 38.1 Å². The minimum atomic E-state index is -0.669. The van der Waals surface area contributed by atoms with Crippen LogP contribution in [0.2, 0.25) is 0 Å². The standard InChI is InChI=1S/C17H27NO3/c1-12(2)10-21-11-16(19)9-18-17(20)14(4)15-7-5-6-13(3)8-15/h5-8,12,14,16,19H,9-11H2,1-4H3,(H,18,20). The lowest BCUT2D eigenvalue weighted by molar-refractivity contribution is -0.122. The average Bonchev–Trinajstić information content (AvgIpc) is 2.43. The molecular formula is C17H27NO3. The van der Waals surface area contributed by atoms with Gasteiger partial charge in [0.2, 0.25) is 5.91 Å². The highest BCUT2D eigenvalue weighted by Gasteiger charge is 2.16. The van der Waals surface area contributed by atoms with Crippen LogP contribution in [-0.2, 0) is 9.53 Å². The van der Waals surface area contributed by atoms with Gasteiger partial charge in [-0.3, -0.25) is 4.79 Å². The van der Waals surface area contributed by atoms with Crippen molar-refractivity contribution in [2.24, 2.45) is 5.92 Å². The highest BCUT2D eigenvalue weighted by atomic mass is 16.5. The number of ether oxygens (including phenoxy) is 1. The zero-order valence-corrected chi connectivity index (χ0v) is 13.4. The van der Waals surface area contributed by atoms with Gasteiger partial charge in [-0.15, -0.1) is 0 Å². The molecule has 0 fully saturated rings. The number of rotatable bonds is 8. The van der Waals surface area contributed by atoms with Crippen LogP contribution in [0.5, 0.6) is 0 Å². The Bertz CT molecular complexity index is 445. The first-order chi connectivity index (χ1) is 9.90. The Labute approximate surface area is 127 Å². The highest BCUT2D eigenvalue weighted by Crippen LogP contribution is 2.16. The normalized spacial score (nSPS) is 14.0. The molecule has 0 bridgehead atoms. The van der Waals surface area contributed by atoms with Crippen molar-refractivity contribution in [3.8, 4) is 0 Å². The number of carbonyl (C=O) groups excluding carboxylic acids is 1. The van der Waals surface area contributed by atoms with Crippen molar-refractivity contribution >= 4 is 5.91 Å². The number of benzene rings is 1. The first-order valence-corrected chi connectivity index (χ1v) is 7.50. The van der Waals surface area contributed by atoms with E-state index in [-0.39, 0.29) is 25.0 Å². The van der Waals surface area contributed by atoms with E-state index in [1.165, 1.54) is 0 Å². The van der Waals surface area contributed by atoms with Gasteiger partial charge in [-0.1, -0.05) is 43.7 Å². The largest absolute Gasteiger partial charge is 0.389 e. The van der Waals surface area contributed by atoms with Gasteiger partial charge in [0.05, 0.1) is 18.6 Å². The van der Waals surface area contributed by atoms with E-state index in [0.717, 1.165) is 11.1 Å². The van der Waals surface area contributed by atoms with Crippen LogP contribution >= 0.6 is 0 Å². The number of carbonyl (C=O) groups is 1. The van der Waals surface area contributed by atoms with E-state index in [2.05, 4.69) is 19.2 Å². The predicted octanol–water partition coefficient (Wildman–Crippen LogP) is 2.25. The maximum absolute atomic E-state index is 12.1. The van der Waals surface area contributed by atoms with Crippen molar-refractivity contribution in [1.82, 2.24) is 5.32 Å². The summed E-state index contributed by atoms with van der Waals surface area (Å²) in [7, 11) is 0. The van der Waals surface area contributed by atoms with Gasteiger partial charge in [-0.25, -0.2) is 0 Å². The molecule has 0 aliphatic heterocycles. The van der Waals surface area contributed by atoms with Crippen LogP contribution in [0.15, 0.2) is 24.3 Å². The zero-order chi connectivity index (χ0) is 15.8. The molecule has 21 heavy (non-hydrogen) atoms. The van der Waals surface area contributed by atoms with E-state index in [9.17, 15) is 9.90 Å². The molecule has 1 rings (SSSR count). The van der Waals surface area contributed by atoms with Crippen LogP contribution < -0.4 is 5.32 Å². The molecule has 118 valence electrons. The van der Waals surface area contributed by atoms with Crippen LogP contribution in [0, 0.1) is 12.8 Å². The summed E-state index contributed by atoms with van der Waals surface area (Å²) in [5, 5.41) is 12.5. The maximum atomic E-state index is 12.1. The quantitative estimate of drug-likeness (QED) is 0.773. The lowest BCUT2D eigenvalue weighted by Crippen LogP contribution is -2.36. The minimum absolute atomic E-state index is 0.0801. The molecule has 0 heterocycles. The number of aryl methyl sites for hydroxylation is 1. The van der Waals surface area contributed by atoms with Crippen molar-refractivity contribution < 1.29 is 14.6 Å². The van der Waals surface area contributed by atoms with Gasteiger partial charge >= 0.3 is 0 Å². The van der Waals surface area contributed by atoms with Crippen LogP contribution in [0.3, 0.4) is 0 Å². The minimum Gasteiger partial charge on any atom is -0.389 e. The Hall–Kier alpha value is -1.39. The molecule has 4 heteroatoms. The lowest BCUT2D eigenvalue weighted by Gasteiger charge is -2.16. The van der Waals surface area contributed by atoms with E-state index in [4.69, 9.17) is 4.74 Å². The van der Waals surface area contributed by atoms with Crippen molar-refractivity contribution in [3.05, 3.63) is 35.4 Å². The van der Waals surface area contributed by atoms with Gasteiger partial charge in [0.1, 0.15) is 0 Å². The number of amides is 1. The zero-order valence-electron chi connectivity index (χ0n) is 13.4. The topological polar surface area (TPSA) is 58.6 Å². The fourth-order valence-corrected chi connectivity index (χ4v) is 1.96. The number of aliphatic hydroxyl groups is 1. The maximum Gasteiger partial charge on any atom is 0.227 e. The SMILES string of the molecule is Cc1cccc(C(C)C(=O)NCC(O)COCC(C)C)c1. The molecule has 0 aliphatic rings. The fraction of sp³-hybridized carbons (Fsp3) is 0.588. The number of nitrogens with one attached hydrogen (secondary N) is 1. The van der Waals surface area contributed by atoms with Crippen molar-refractivity contribution in [2.45, 2.75) is 39.7 Å². The Balaban J connectivity index is 2.36. The molecule has 0 radical (unpaired) electrons. The third-order valence-electron chi connectivity index (χ3n) is 3.21. The molecule has 4 nitrogen and oxygen atoms in total. The predicted molar refractivity (Wildman–Crippen MR) is 84.3 cm³/mol. The molecule has 0 aliphatic carbocycles. The molecule has 2 atom stereocenters. The second-order valence-electron chi connectivity index (χ2n) is 5.97. The van der Waals surface area contributed by atoms with Crippen LogP contribution in [0.4, 0.5) is 0 Å². The van der Waals surface area contributed by atoms with Crippen molar-refractivity contribution in [1.29, 1.82) is 0 Å². The summed E-state index contributed by atoms with van der Waals surface area (Å²) in [4.78, 5) is 12.1. The molecule has 0 aromatic heterocycles. The third kappa shape index (κ3) is 6.74. The van der Waals surface area contributed by atoms with E-state index >= 15 is 0 Å². The molecule has 2 N–H and O–H groups in total. The highest BCUT2D eigenvalue weighted by molar-refractivity contribution is 5.83. The smallest absolute Gasteiger partial charge is 0.227 e. The average molecular weight is 293 g/mol. The van der Waals surface area contributed by atoms with E-state index in [1.54, 1.807) is 0 Å². The van der Waals surface area contributed by atoms with Gasteiger partial charge in [0, 0.05) is 13.2 Å². The second kappa shape index (κ2) is 8.80. The summed E-state index contributed by atoms with van der Waals surface area (Å²) in [5.74, 6) is 0.130. The molecule has 1 aromatic carbocycles. The van der Waals surface area contributed by atoms with E-state index < -0.39 is 6.10 Å². The fourth-order valence-electron chi connectivity index (χ4n) is 1.96.